The number of carbonyl (C=O) groups excluding carboxylic acids is 2. The van der Waals surface area contributed by atoms with Gasteiger partial charge < -0.3 is 14.8 Å². The van der Waals surface area contributed by atoms with E-state index in [1.165, 1.54) is 31.2 Å². The van der Waals surface area contributed by atoms with Crippen LogP contribution in [0.5, 0.6) is 5.75 Å². The van der Waals surface area contributed by atoms with E-state index in [9.17, 15) is 14.0 Å². The summed E-state index contributed by atoms with van der Waals surface area (Å²) in [5.41, 5.74) is 1.55. The number of halogens is 1. The maximum absolute atomic E-state index is 12.9. The van der Waals surface area contributed by atoms with Crippen molar-refractivity contribution in [2.75, 3.05) is 5.32 Å². The van der Waals surface area contributed by atoms with E-state index < -0.39 is 23.8 Å². The summed E-state index contributed by atoms with van der Waals surface area (Å²) in [6.45, 7) is 3.73. The van der Waals surface area contributed by atoms with Gasteiger partial charge in [-0.25, -0.2) is 14.2 Å². The van der Waals surface area contributed by atoms with E-state index >= 15 is 0 Å². The van der Waals surface area contributed by atoms with E-state index in [1.807, 2.05) is 12.3 Å². The van der Waals surface area contributed by atoms with E-state index in [2.05, 4.69) is 10.3 Å². The monoisotopic (exact) mass is 414 g/mol. The fraction of sp³-hybridized carbons (Fsp3) is 0.190. The van der Waals surface area contributed by atoms with Crippen molar-refractivity contribution < 1.29 is 23.5 Å². The normalized spacial score (nSPS) is 11.6. The molecule has 0 radical (unpaired) electrons. The maximum Gasteiger partial charge on any atom is 0.338 e. The lowest BCUT2D eigenvalue weighted by Crippen LogP contribution is -2.30. The molecule has 0 unspecified atom stereocenters. The molecule has 0 spiro atoms. The van der Waals surface area contributed by atoms with Gasteiger partial charge in [-0.05, 0) is 62.4 Å². The minimum atomic E-state index is -1.02. The second-order valence-corrected chi connectivity index (χ2v) is 7.28. The number of anilines is 1. The molecule has 0 aliphatic carbocycles. The number of carbonyl (C=O) groups is 2. The molecule has 0 aliphatic rings. The summed E-state index contributed by atoms with van der Waals surface area (Å²) < 4.78 is 23.7. The topological polar surface area (TPSA) is 77.5 Å². The van der Waals surface area contributed by atoms with E-state index in [-0.39, 0.29) is 0 Å². The van der Waals surface area contributed by atoms with E-state index in [0.29, 0.717) is 23.6 Å². The largest absolute Gasteiger partial charge is 0.487 e. The molecule has 6 nitrogen and oxygen atoms in total. The van der Waals surface area contributed by atoms with Gasteiger partial charge in [0.05, 0.1) is 16.3 Å². The van der Waals surface area contributed by atoms with E-state index in [4.69, 9.17) is 9.47 Å². The minimum Gasteiger partial charge on any atom is -0.487 e. The van der Waals surface area contributed by atoms with Crippen LogP contribution in [0.1, 0.15) is 28.0 Å². The number of esters is 1. The smallest absolute Gasteiger partial charge is 0.338 e. The molecule has 0 bridgehead atoms. The molecule has 1 heterocycles. The molecule has 1 N–H and O–H groups in total. The second-order valence-electron chi connectivity index (χ2n) is 6.21. The van der Waals surface area contributed by atoms with Crippen LogP contribution in [-0.4, -0.2) is 23.0 Å². The number of thiazole rings is 1. The fourth-order valence-corrected chi connectivity index (χ4v) is 2.98. The van der Waals surface area contributed by atoms with Crippen LogP contribution in [0, 0.1) is 12.7 Å². The number of ether oxygens (including phenoxy) is 2. The highest BCUT2D eigenvalue weighted by Gasteiger charge is 2.19. The van der Waals surface area contributed by atoms with Crippen LogP contribution in [0.2, 0.25) is 0 Å². The lowest BCUT2D eigenvalue weighted by molar-refractivity contribution is -0.123. The minimum absolute atomic E-state index is 0.295. The molecule has 2 aromatic carbocycles. The van der Waals surface area contributed by atoms with Crippen LogP contribution in [-0.2, 0) is 16.1 Å². The number of nitrogens with one attached hydrogen (secondary N) is 1. The average Bonchev–Trinajstić information content (AvgIpc) is 3.13. The standard InChI is InChI=1S/C21H19FN2O4S/c1-13(20(25)24-17-7-5-16(22)6-8-17)28-21(26)15-3-9-19(10-4-15)27-11-18-12-29-14(2)23-18/h3-10,12-13H,11H2,1-2H3,(H,24,25)/t13-/m0/s1. The molecular formula is C21H19FN2O4S. The number of hydrogen-bond donors (Lipinski definition) is 1. The molecule has 0 saturated heterocycles. The van der Waals surface area contributed by atoms with Gasteiger partial charge in [0.25, 0.3) is 5.91 Å². The van der Waals surface area contributed by atoms with Crippen LogP contribution >= 0.6 is 11.3 Å². The zero-order chi connectivity index (χ0) is 20.8. The van der Waals surface area contributed by atoms with E-state index in [0.717, 1.165) is 10.7 Å². The Bertz CT molecular complexity index is 987. The van der Waals surface area contributed by atoms with Crippen molar-refractivity contribution in [2.24, 2.45) is 0 Å². The van der Waals surface area contributed by atoms with Crippen molar-refractivity contribution in [3.05, 3.63) is 76.0 Å². The quantitative estimate of drug-likeness (QED) is 0.582. The first-order valence-corrected chi connectivity index (χ1v) is 9.70. The van der Waals surface area contributed by atoms with Crippen LogP contribution < -0.4 is 10.1 Å². The van der Waals surface area contributed by atoms with Gasteiger partial charge in [-0.1, -0.05) is 0 Å². The predicted octanol–water partition coefficient (Wildman–Crippen LogP) is 4.35. The Hall–Kier alpha value is -3.26. The van der Waals surface area contributed by atoms with Crippen molar-refractivity contribution >= 4 is 28.9 Å². The van der Waals surface area contributed by atoms with Crippen molar-refractivity contribution in [1.82, 2.24) is 4.98 Å². The molecule has 3 rings (SSSR count). The van der Waals surface area contributed by atoms with Gasteiger partial charge in [0.15, 0.2) is 6.10 Å². The number of rotatable bonds is 7. The fourth-order valence-electron chi connectivity index (χ4n) is 2.38. The van der Waals surface area contributed by atoms with Crippen molar-refractivity contribution in [3.8, 4) is 5.75 Å². The third kappa shape index (κ3) is 5.86. The predicted molar refractivity (Wildman–Crippen MR) is 108 cm³/mol. The van der Waals surface area contributed by atoms with E-state index in [1.54, 1.807) is 35.6 Å². The van der Waals surface area contributed by atoms with Crippen LogP contribution in [0.4, 0.5) is 10.1 Å². The maximum atomic E-state index is 12.9. The molecule has 0 aliphatic heterocycles. The summed E-state index contributed by atoms with van der Waals surface area (Å²) in [5, 5.41) is 5.46. The SMILES string of the molecule is Cc1nc(COc2ccc(C(=O)O[C@@H](C)C(=O)Nc3ccc(F)cc3)cc2)cs1. The molecule has 8 heteroatoms. The number of amides is 1. The van der Waals surface area contributed by atoms with Crippen LogP contribution in [0.15, 0.2) is 53.9 Å². The van der Waals surface area contributed by atoms with Gasteiger partial charge in [-0.15, -0.1) is 11.3 Å². The van der Waals surface area contributed by atoms with Gasteiger partial charge in [0.1, 0.15) is 18.2 Å². The first-order chi connectivity index (χ1) is 13.9. The second kappa shape index (κ2) is 9.29. The highest BCUT2D eigenvalue weighted by Crippen LogP contribution is 2.17. The zero-order valence-electron chi connectivity index (χ0n) is 15.8. The Morgan fingerprint density at radius 3 is 2.45 bits per heavy atom. The Kier molecular flexibility index (Phi) is 6.56. The van der Waals surface area contributed by atoms with Gasteiger partial charge in [-0.3, -0.25) is 4.79 Å². The Morgan fingerprint density at radius 2 is 1.83 bits per heavy atom. The molecule has 1 atom stereocenters. The number of nitrogens with zero attached hydrogens (tertiary/aromatic N) is 1. The van der Waals surface area contributed by atoms with Gasteiger partial charge >= 0.3 is 5.97 Å². The highest BCUT2D eigenvalue weighted by molar-refractivity contribution is 7.09. The van der Waals surface area contributed by atoms with Crippen molar-refractivity contribution in [2.45, 2.75) is 26.6 Å². The Balaban J connectivity index is 1.51. The molecule has 1 amide bonds. The Morgan fingerprint density at radius 1 is 1.14 bits per heavy atom. The molecule has 3 aromatic rings. The summed E-state index contributed by atoms with van der Waals surface area (Å²) in [7, 11) is 0. The first-order valence-electron chi connectivity index (χ1n) is 8.82. The molecule has 29 heavy (non-hydrogen) atoms. The van der Waals surface area contributed by atoms with Crippen LogP contribution in [0.3, 0.4) is 0 Å². The van der Waals surface area contributed by atoms with Gasteiger partial charge in [0, 0.05) is 11.1 Å². The summed E-state index contributed by atoms with van der Waals surface area (Å²) in [5.74, 6) is -0.956. The summed E-state index contributed by atoms with van der Waals surface area (Å²) >= 11 is 1.55. The first kappa shape index (κ1) is 20.5. The van der Waals surface area contributed by atoms with Crippen molar-refractivity contribution in [1.29, 1.82) is 0 Å². The third-order valence-electron chi connectivity index (χ3n) is 3.91. The number of aryl methyl sites for hydroxylation is 1. The summed E-state index contributed by atoms with van der Waals surface area (Å²) in [6, 6.07) is 11.7. The molecule has 0 saturated carbocycles. The number of aromatic nitrogens is 1. The number of hydrogen-bond acceptors (Lipinski definition) is 6. The average molecular weight is 414 g/mol. The molecule has 150 valence electrons. The van der Waals surface area contributed by atoms with Crippen LogP contribution in [0.25, 0.3) is 0 Å². The highest BCUT2D eigenvalue weighted by atomic mass is 32.1. The lowest BCUT2D eigenvalue weighted by atomic mass is 10.2. The third-order valence-corrected chi connectivity index (χ3v) is 4.73. The molecular weight excluding hydrogens is 395 g/mol. The summed E-state index contributed by atoms with van der Waals surface area (Å²) in [4.78, 5) is 28.7. The molecule has 0 fully saturated rings. The van der Waals surface area contributed by atoms with Crippen molar-refractivity contribution in [3.63, 3.8) is 0 Å². The Labute approximate surface area is 171 Å². The number of benzene rings is 2. The summed E-state index contributed by atoms with van der Waals surface area (Å²) in [6.07, 6.45) is -1.02. The molecule has 1 aromatic heterocycles. The zero-order valence-corrected chi connectivity index (χ0v) is 16.7. The van der Waals surface area contributed by atoms with Gasteiger partial charge in [0.2, 0.25) is 0 Å². The lowest BCUT2D eigenvalue weighted by Gasteiger charge is -2.14. The van der Waals surface area contributed by atoms with Gasteiger partial charge in [-0.2, -0.15) is 0 Å².